The predicted octanol–water partition coefficient (Wildman–Crippen LogP) is 1.42. The quantitative estimate of drug-likeness (QED) is 0.632. The first kappa shape index (κ1) is 19.8. The third-order valence-corrected chi connectivity index (χ3v) is 4.40. The van der Waals surface area contributed by atoms with Crippen molar-refractivity contribution in [3.63, 3.8) is 0 Å². The molecule has 28 heavy (non-hydrogen) atoms. The van der Waals surface area contributed by atoms with Gasteiger partial charge in [-0.25, -0.2) is 0 Å². The molecule has 150 valence electrons. The van der Waals surface area contributed by atoms with Crippen LogP contribution < -0.4 is 20.1 Å². The highest BCUT2D eigenvalue weighted by Crippen LogP contribution is 2.28. The Balaban J connectivity index is 1.48. The van der Waals surface area contributed by atoms with Crippen LogP contribution in [0.5, 0.6) is 11.5 Å². The van der Waals surface area contributed by atoms with Crippen LogP contribution in [0.2, 0.25) is 0 Å². The van der Waals surface area contributed by atoms with Gasteiger partial charge in [-0.2, -0.15) is 0 Å². The van der Waals surface area contributed by atoms with Crippen LogP contribution in [0.3, 0.4) is 0 Å². The smallest absolute Gasteiger partial charge is 0.254 e. The summed E-state index contributed by atoms with van der Waals surface area (Å²) in [5, 5.41) is 5.64. The summed E-state index contributed by atoms with van der Waals surface area (Å²) in [6, 6.07) is 7.41. The largest absolute Gasteiger partial charge is 0.493 e. The molecule has 8 heteroatoms. The standard InChI is InChI=1S/C20H25N3O5/c1-26-17-4-3-15(12-23-8-7-21-19(24)13-23)11-18(17)28-9-2-6-22-20(25)16-5-10-27-14-16/h3-5,10-11,14H,2,6-9,12-13H2,1H3,(H,21,24)(H,22,25). The molecule has 0 bridgehead atoms. The molecular weight excluding hydrogens is 362 g/mol. The minimum Gasteiger partial charge on any atom is -0.493 e. The van der Waals surface area contributed by atoms with Crippen molar-refractivity contribution in [3.05, 3.63) is 47.9 Å². The van der Waals surface area contributed by atoms with Gasteiger partial charge in [0.15, 0.2) is 11.5 Å². The molecule has 1 aromatic carbocycles. The first-order chi connectivity index (χ1) is 13.7. The molecule has 3 rings (SSSR count). The number of carbonyl (C=O) groups excluding carboxylic acids is 2. The zero-order valence-electron chi connectivity index (χ0n) is 15.9. The topological polar surface area (TPSA) is 93.0 Å². The first-order valence-corrected chi connectivity index (χ1v) is 9.25. The number of nitrogens with one attached hydrogen (secondary N) is 2. The Morgan fingerprint density at radius 3 is 2.96 bits per heavy atom. The summed E-state index contributed by atoms with van der Waals surface area (Å²) < 4.78 is 16.1. The lowest BCUT2D eigenvalue weighted by Crippen LogP contribution is -2.47. The fraction of sp³-hybridized carbons (Fsp3) is 0.400. The van der Waals surface area contributed by atoms with Gasteiger partial charge in [-0.05, 0) is 30.2 Å². The maximum atomic E-state index is 11.8. The third kappa shape index (κ3) is 5.50. The highest BCUT2D eigenvalue weighted by Gasteiger charge is 2.17. The van der Waals surface area contributed by atoms with Crippen molar-refractivity contribution in [2.45, 2.75) is 13.0 Å². The van der Waals surface area contributed by atoms with E-state index < -0.39 is 0 Å². The molecule has 0 radical (unpaired) electrons. The first-order valence-electron chi connectivity index (χ1n) is 9.25. The van der Waals surface area contributed by atoms with E-state index in [1.165, 1.54) is 12.5 Å². The van der Waals surface area contributed by atoms with Crippen LogP contribution in [-0.4, -0.2) is 56.6 Å². The van der Waals surface area contributed by atoms with Crippen LogP contribution in [0.25, 0.3) is 0 Å². The summed E-state index contributed by atoms with van der Waals surface area (Å²) in [6.45, 7) is 3.51. The van der Waals surface area contributed by atoms with Gasteiger partial charge in [-0.1, -0.05) is 6.07 Å². The van der Waals surface area contributed by atoms with Gasteiger partial charge in [0.2, 0.25) is 5.91 Å². The highest BCUT2D eigenvalue weighted by atomic mass is 16.5. The summed E-state index contributed by atoms with van der Waals surface area (Å²) in [7, 11) is 1.60. The predicted molar refractivity (Wildman–Crippen MR) is 102 cm³/mol. The van der Waals surface area contributed by atoms with Gasteiger partial charge >= 0.3 is 0 Å². The SMILES string of the molecule is COc1ccc(CN2CCNC(=O)C2)cc1OCCCNC(=O)c1ccoc1. The van der Waals surface area contributed by atoms with Gasteiger partial charge in [-0.3, -0.25) is 14.5 Å². The molecule has 1 aromatic heterocycles. The lowest BCUT2D eigenvalue weighted by atomic mass is 10.1. The van der Waals surface area contributed by atoms with Crippen molar-refractivity contribution in [3.8, 4) is 11.5 Å². The average molecular weight is 387 g/mol. The highest BCUT2D eigenvalue weighted by molar-refractivity contribution is 5.93. The van der Waals surface area contributed by atoms with Crippen molar-refractivity contribution in [1.82, 2.24) is 15.5 Å². The number of nitrogens with zero attached hydrogens (tertiary/aromatic N) is 1. The number of piperazine rings is 1. The molecule has 8 nitrogen and oxygen atoms in total. The van der Waals surface area contributed by atoms with Crippen molar-refractivity contribution in [2.24, 2.45) is 0 Å². The molecule has 2 aromatic rings. The molecule has 0 unspecified atom stereocenters. The summed E-state index contributed by atoms with van der Waals surface area (Å²) >= 11 is 0. The maximum Gasteiger partial charge on any atom is 0.254 e. The van der Waals surface area contributed by atoms with E-state index in [2.05, 4.69) is 15.5 Å². The molecule has 1 aliphatic heterocycles. The van der Waals surface area contributed by atoms with Crippen molar-refractivity contribution < 1.29 is 23.5 Å². The molecule has 0 spiro atoms. The normalized spacial score (nSPS) is 14.4. The van der Waals surface area contributed by atoms with Gasteiger partial charge in [0.1, 0.15) is 6.26 Å². The number of amides is 2. The Labute approximate surface area is 163 Å². The maximum absolute atomic E-state index is 11.8. The number of methoxy groups -OCH3 is 1. The molecule has 0 aliphatic carbocycles. The summed E-state index contributed by atoms with van der Waals surface area (Å²) in [5.74, 6) is 1.19. The van der Waals surface area contributed by atoms with Crippen molar-refractivity contribution in [2.75, 3.05) is 39.9 Å². The van der Waals surface area contributed by atoms with Gasteiger partial charge in [0.05, 0.1) is 32.1 Å². The van der Waals surface area contributed by atoms with Crippen LogP contribution in [0.15, 0.2) is 41.2 Å². The number of carbonyl (C=O) groups is 2. The van der Waals surface area contributed by atoms with Crippen LogP contribution in [0, 0.1) is 0 Å². The summed E-state index contributed by atoms with van der Waals surface area (Å²) in [6.07, 6.45) is 3.53. The monoisotopic (exact) mass is 387 g/mol. The Morgan fingerprint density at radius 1 is 1.32 bits per heavy atom. The van der Waals surface area contributed by atoms with E-state index in [0.29, 0.717) is 56.3 Å². The number of rotatable bonds is 9. The van der Waals surface area contributed by atoms with Gasteiger partial charge in [-0.15, -0.1) is 0 Å². The van der Waals surface area contributed by atoms with E-state index in [-0.39, 0.29) is 11.8 Å². The van der Waals surface area contributed by atoms with Gasteiger partial charge in [0.25, 0.3) is 5.91 Å². The molecule has 0 saturated carbocycles. The molecule has 2 N–H and O–H groups in total. The second-order valence-electron chi connectivity index (χ2n) is 6.52. The molecule has 1 fully saturated rings. The minimum atomic E-state index is -0.168. The lowest BCUT2D eigenvalue weighted by Gasteiger charge is -2.26. The van der Waals surface area contributed by atoms with E-state index in [1.54, 1.807) is 13.2 Å². The molecule has 1 aliphatic rings. The Morgan fingerprint density at radius 2 is 2.21 bits per heavy atom. The Kier molecular flexibility index (Phi) is 6.91. The minimum absolute atomic E-state index is 0.0497. The van der Waals surface area contributed by atoms with E-state index in [0.717, 1.165) is 12.1 Å². The number of ether oxygens (including phenoxy) is 2. The molecule has 2 heterocycles. The second kappa shape index (κ2) is 9.80. The Bertz CT molecular complexity index is 791. The average Bonchev–Trinajstić information content (AvgIpc) is 3.23. The van der Waals surface area contributed by atoms with E-state index in [4.69, 9.17) is 13.9 Å². The van der Waals surface area contributed by atoms with Crippen molar-refractivity contribution in [1.29, 1.82) is 0 Å². The molecular formula is C20H25N3O5. The Hall–Kier alpha value is -3.00. The van der Waals surface area contributed by atoms with Crippen molar-refractivity contribution >= 4 is 11.8 Å². The van der Waals surface area contributed by atoms with Crippen LogP contribution in [0.4, 0.5) is 0 Å². The summed E-state index contributed by atoms with van der Waals surface area (Å²) in [4.78, 5) is 25.4. The molecule has 0 atom stereocenters. The van der Waals surface area contributed by atoms with Gasteiger partial charge in [0, 0.05) is 26.2 Å². The number of hydrogen-bond acceptors (Lipinski definition) is 6. The number of furan rings is 1. The number of hydrogen-bond donors (Lipinski definition) is 2. The third-order valence-electron chi connectivity index (χ3n) is 4.40. The molecule has 2 amide bonds. The second-order valence-corrected chi connectivity index (χ2v) is 6.52. The zero-order chi connectivity index (χ0) is 19.8. The van der Waals surface area contributed by atoms with Crippen LogP contribution in [0.1, 0.15) is 22.3 Å². The van der Waals surface area contributed by atoms with Crippen LogP contribution in [-0.2, 0) is 11.3 Å². The van der Waals surface area contributed by atoms with Gasteiger partial charge < -0.3 is 24.5 Å². The van der Waals surface area contributed by atoms with E-state index in [9.17, 15) is 9.59 Å². The molecule has 1 saturated heterocycles. The summed E-state index contributed by atoms with van der Waals surface area (Å²) in [5.41, 5.74) is 1.56. The number of benzene rings is 1. The lowest BCUT2D eigenvalue weighted by molar-refractivity contribution is -0.124. The van der Waals surface area contributed by atoms with E-state index >= 15 is 0 Å². The fourth-order valence-corrected chi connectivity index (χ4v) is 2.97. The van der Waals surface area contributed by atoms with Crippen LogP contribution >= 0.6 is 0 Å². The van der Waals surface area contributed by atoms with E-state index in [1.807, 2.05) is 18.2 Å². The zero-order valence-corrected chi connectivity index (χ0v) is 15.9. The fourth-order valence-electron chi connectivity index (χ4n) is 2.97.